The maximum Gasteiger partial charge on any atom is 0.312 e. The molecule has 2 rings (SSSR count). The molecule has 7 nitrogen and oxygen atoms in total. The molecule has 2 aromatic carbocycles. The van der Waals surface area contributed by atoms with Crippen LogP contribution >= 0.6 is 11.6 Å². The molecule has 0 saturated carbocycles. The molecule has 0 spiro atoms. The Balaban J connectivity index is 1.81. The van der Waals surface area contributed by atoms with Crippen molar-refractivity contribution in [3.05, 3.63) is 87.6 Å². The second-order valence-electron chi connectivity index (χ2n) is 5.10. The van der Waals surface area contributed by atoms with Gasteiger partial charge in [0.15, 0.2) is 12.4 Å². The number of hydrazine groups is 1. The van der Waals surface area contributed by atoms with Gasteiger partial charge in [-0.15, -0.1) is 0 Å². The van der Waals surface area contributed by atoms with Crippen LogP contribution in [-0.4, -0.2) is 17.4 Å². The van der Waals surface area contributed by atoms with Gasteiger partial charge in [-0.05, 0) is 23.8 Å². The molecule has 0 aliphatic carbocycles. The maximum atomic E-state index is 11.8. The highest BCUT2D eigenvalue weighted by Gasteiger charge is 2.16. The summed E-state index contributed by atoms with van der Waals surface area (Å²) in [6.07, 6.45) is 3.52. The van der Waals surface area contributed by atoms with Crippen LogP contribution in [0.5, 0.6) is 5.75 Å². The van der Waals surface area contributed by atoms with Crippen LogP contribution in [0.1, 0.15) is 5.56 Å². The van der Waals surface area contributed by atoms with Crippen molar-refractivity contribution in [3.8, 4) is 5.75 Å². The Morgan fingerprint density at radius 2 is 1.96 bits per heavy atom. The second-order valence-corrected chi connectivity index (χ2v) is 5.54. The highest BCUT2D eigenvalue weighted by atomic mass is 35.5. The number of benzene rings is 2. The average molecular weight is 374 g/mol. The fourth-order valence-corrected chi connectivity index (χ4v) is 2.05. The van der Waals surface area contributed by atoms with E-state index in [-0.39, 0.29) is 16.5 Å². The predicted octanol–water partition coefficient (Wildman–Crippen LogP) is 3.47. The smallest absolute Gasteiger partial charge is 0.312 e. The Kier molecular flexibility index (Phi) is 6.75. The number of nitrogens with zero attached hydrogens (tertiary/aromatic N) is 1. The van der Waals surface area contributed by atoms with Gasteiger partial charge in [0.2, 0.25) is 0 Å². The molecule has 0 aliphatic heterocycles. The SMILES string of the molecule is C=C(C=Cc1ccccc1)NNC(=O)COc1ccc(Cl)cc1[N+](=O)[O-]. The number of hydrogen-bond acceptors (Lipinski definition) is 5. The highest BCUT2D eigenvalue weighted by molar-refractivity contribution is 6.30. The Labute approximate surface area is 155 Å². The fraction of sp³-hybridized carbons (Fsp3) is 0.0556. The van der Waals surface area contributed by atoms with E-state index in [1.165, 1.54) is 12.1 Å². The van der Waals surface area contributed by atoms with Gasteiger partial charge in [0.05, 0.1) is 4.92 Å². The minimum atomic E-state index is -0.631. The first-order valence-corrected chi connectivity index (χ1v) is 7.87. The summed E-state index contributed by atoms with van der Waals surface area (Å²) in [5.74, 6) is -0.569. The van der Waals surface area contributed by atoms with Crippen LogP contribution in [0.4, 0.5) is 5.69 Å². The summed E-state index contributed by atoms with van der Waals surface area (Å²) in [5.41, 5.74) is 6.14. The van der Waals surface area contributed by atoms with Gasteiger partial charge in [0.1, 0.15) is 0 Å². The lowest BCUT2D eigenvalue weighted by atomic mass is 10.2. The van der Waals surface area contributed by atoms with E-state index in [0.29, 0.717) is 5.70 Å². The summed E-state index contributed by atoms with van der Waals surface area (Å²) < 4.78 is 5.18. The van der Waals surface area contributed by atoms with E-state index in [9.17, 15) is 14.9 Å². The van der Waals surface area contributed by atoms with Crippen LogP contribution in [0, 0.1) is 10.1 Å². The number of halogens is 1. The maximum absolute atomic E-state index is 11.8. The van der Waals surface area contributed by atoms with Crippen LogP contribution in [0.2, 0.25) is 5.02 Å². The normalized spacial score (nSPS) is 10.3. The van der Waals surface area contributed by atoms with Crippen molar-refractivity contribution in [1.82, 2.24) is 10.9 Å². The second kappa shape index (κ2) is 9.24. The molecule has 0 atom stereocenters. The van der Waals surface area contributed by atoms with Gasteiger partial charge in [0.25, 0.3) is 5.91 Å². The zero-order valence-electron chi connectivity index (χ0n) is 13.6. The minimum absolute atomic E-state index is 0.0441. The van der Waals surface area contributed by atoms with Crippen molar-refractivity contribution in [2.45, 2.75) is 0 Å². The van der Waals surface area contributed by atoms with Gasteiger partial charge in [-0.2, -0.15) is 0 Å². The van der Waals surface area contributed by atoms with Gasteiger partial charge in [-0.25, -0.2) is 0 Å². The number of nitrogens with one attached hydrogen (secondary N) is 2. The summed E-state index contributed by atoms with van der Waals surface area (Å²) in [5, 5.41) is 11.2. The number of amides is 1. The number of rotatable bonds is 8. The first-order chi connectivity index (χ1) is 12.5. The van der Waals surface area contributed by atoms with Crippen LogP contribution in [-0.2, 0) is 4.79 Å². The summed E-state index contributed by atoms with van der Waals surface area (Å²) in [4.78, 5) is 22.1. The summed E-state index contributed by atoms with van der Waals surface area (Å²) in [7, 11) is 0. The zero-order valence-corrected chi connectivity index (χ0v) is 14.4. The monoisotopic (exact) mass is 373 g/mol. The number of ether oxygens (including phenoxy) is 1. The van der Waals surface area contributed by atoms with Gasteiger partial charge in [-0.1, -0.05) is 54.6 Å². The van der Waals surface area contributed by atoms with Crippen molar-refractivity contribution in [3.63, 3.8) is 0 Å². The van der Waals surface area contributed by atoms with Crippen LogP contribution in [0.3, 0.4) is 0 Å². The lowest BCUT2D eigenvalue weighted by Gasteiger charge is -2.10. The number of carbonyl (C=O) groups excluding carboxylic acids is 1. The molecule has 0 aromatic heterocycles. The molecule has 8 heteroatoms. The molecule has 0 unspecified atom stereocenters. The Bertz CT molecular complexity index is 838. The van der Waals surface area contributed by atoms with Gasteiger partial charge >= 0.3 is 5.69 Å². The number of carbonyl (C=O) groups is 1. The van der Waals surface area contributed by atoms with Crippen molar-refractivity contribution in [2.75, 3.05) is 6.61 Å². The summed E-state index contributed by atoms with van der Waals surface area (Å²) in [6.45, 7) is 3.34. The third kappa shape index (κ3) is 5.95. The lowest BCUT2D eigenvalue weighted by Crippen LogP contribution is -2.39. The molecular formula is C18H16ClN3O4. The van der Waals surface area contributed by atoms with Crippen molar-refractivity contribution < 1.29 is 14.5 Å². The van der Waals surface area contributed by atoms with Gasteiger partial charge < -0.3 is 4.74 Å². The Hall–Kier alpha value is -3.32. The highest BCUT2D eigenvalue weighted by Crippen LogP contribution is 2.29. The third-order valence-electron chi connectivity index (χ3n) is 3.12. The largest absolute Gasteiger partial charge is 0.477 e. The quantitative estimate of drug-likeness (QED) is 0.420. The van der Waals surface area contributed by atoms with E-state index in [1.54, 1.807) is 6.08 Å². The molecule has 134 valence electrons. The first kappa shape index (κ1) is 19.0. The Morgan fingerprint density at radius 1 is 1.23 bits per heavy atom. The van der Waals surface area contributed by atoms with E-state index in [0.717, 1.165) is 11.6 Å². The molecule has 0 radical (unpaired) electrons. The zero-order chi connectivity index (χ0) is 18.9. The lowest BCUT2D eigenvalue weighted by molar-refractivity contribution is -0.385. The topological polar surface area (TPSA) is 93.5 Å². The molecule has 0 bridgehead atoms. The predicted molar refractivity (Wildman–Crippen MR) is 99.5 cm³/mol. The molecule has 0 saturated heterocycles. The molecule has 2 aromatic rings. The first-order valence-electron chi connectivity index (χ1n) is 7.49. The molecule has 0 fully saturated rings. The third-order valence-corrected chi connectivity index (χ3v) is 3.35. The average Bonchev–Trinajstić information content (AvgIpc) is 2.64. The molecule has 2 N–H and O–H groups in total. The molecule has 0 aliphatic rings. The van der Waals surface area contributed by atoms with E-state index in [2.05, 4.69) is 17.4 Å². The van der Waals surface area contributed by atoms with E-state index in [4.69, 9.17) is 16.3 Å². The van der Waals surface area contributed by atoms with Crippen LogP contribution in [0.15, 0.2) is 66.9 Å². The van der Waals surface area contributed by atoms with Crippen LogP contribution < -0.4 is 15.6 Å². The number of allylic oxidation sites excluding steroid dienone is 1. The number of nitro benzene ring substituents is 1. The molecule has 26 heavy (non-hydrogen) atoms. The molecule has 0 heterocycles. The van der Waals surface area contributed by atoms with Crippen LogP contribution in [0.25, 0.3) is 6.08 Å². The van der Waals surface area contributed by atoms with Gasteiger partial charge in [-0.3, -0.25) is 25.8 Å². The van der Waals surface area contributed by atoms with E-state index >= 15 is 0 Å². The minimum Gasteiger partial charge on any atom is -0.477 e. The standard InChI is InChI=1S/C18H16ClN3O4/c1-13(7-8-14-5-3-2-4-6-14)20-21-18(23)12-26-17-10-9-15(19)11-16(17)22(24)25/h2-11,20H,1,12H2,(H,21,23). The number of hydrogen-bond donors (Lipinski definition) is 2. The van der Waals surface area contributed by atoms with E-state index in [1.807, 2.05) is 36.4 Å². The van der Waals surface area contributed by atoms with E-state index < -0.39 is 17.4 Å². The molecular weight excluding hydrogens is 358 g/mol. The Morgan fingerprint density at radius 3 is 2.65 bits per heavy atom. The van der Waals surface area contributed by atoms with Gasteiger partial charge in [0, 0.05) is 16.8 Å². The van der Waals surface area contributed by atoms with Crippen molar-refractivity contribution in [2.24, 2.45) is 0 Å². The fourth-order valence-electron chi connectivity index (χ4n) is 1.89. The number of nitro groups is 1. The van der Waals surface area contributed by atoms with Crippen molar-refractivity contribution in [1.29, 1.82) is 0 Å². The summed E-state index contributed by atoms with van der Waals surface area (Å²) >= 11 is 5.72. The van der Waals surface area contributed by atoms with Crippen molar-refractivity contribution >= 4 is 29.3 Å². The molecule has 1 amide bonds. The summed E-state index contributed by atoms with van der Waals surface area (Å²) in [6, 6.07) is 13.5.